The molecule has 8 unspecified atom stereocenters. The van der Waals surface area contributed by atoms with Crippen molar-refractivity contribution < 1.29 is 42.6 Å². The summed E-state index contributed by atoms with van der Waals surface area (Å²) in [6, 6.07) is -0.516. The average molecular weight is 629 g/mol. The highest BCUT2D eigenvalue weighted by molar-refractivity contribution is 7.09. The second-order valence-corrected chi connectivity index (χ2v) is 14.0. The number of rotatable bonds is 5. The third-order valence-corrected chi connectivity index (χ3v) is 10.6. The standard InChI is InChI=1S/C31H53N2O9P/c1-14-10-15(2)28(41-31-29(42-43)26(33(7)8)18(5)19(6)39-31)27(37-9)16(3)11-23(35)38-17(4)12-22-24-20(13-21(14)34)32-25(24)30(36)40-22/h14-20,22,24-29,31-32H,10-13,43H2,1-9H3/t14-,15+,16-,17-,18?,19?,20-,22+,24?,25?,26?,27+,28+,29?,31?/m1/s1. The molecule has 0 amide bonds. The van der Waals surface area contributed by atoms with Gasteiger partial charge < -0.3 is 38.4 Å². The topological polar surface area (TPSA) is 122 Å². The van der Waals surface area contributed by atoms with Gasteiger partial charge in [0.2, 0.25) is 0 Å². The van der Waals surface area contributed by atoms with Gasteiger partial charge in [-0.05, 0) is 46.2 Å². The van der Waals surface area contributed by atoms with E-state index in [0.717, 1.165) is 0 Å². The van der Waals surface area contributed by atoms with E-state index in [2.05, 4.69) is 33.5 Å². The largest absolute Gasteiger partial charge is 0.462 e. The molecule has 0 aliphatic carbocycles. The van der Waals surface area contributed by atoms with Crippen LogP contribution in [0.15, 0.2) is 0 Å². The van der Waals surface area contributed by atoms with Crippen LogP contribution in [0.4, 0.5) is 0 Å². The van der Waals surface area contributed by atoms with Crippen molar-refractivity contribution in [2.24, 2.45) is 29.6 Å². The van der Waals surface area contributed by atoms with Crippen LogP contribution in [0, 0.1) is 29.6 Å². The maximum absolute atomic E-state index is 13.5. The highest BCUT2D eigenvalue weighted by Crippen LogP contribution is 2.40. The van der Waals surface area contributed by atoms with Crippen molar-refractivity contribution in [2.45, 2.75) is 128 Å². The van der Waals surface area contributed by atoms with Crippen molar-refractivity contribution >= 4 is 27.2 Å². The Morgan fingerprint density at radius 3 is 2.23 bits per heavy atom. The predicted octanol–water partition coefficient (Wildman–Crippen LogP) is 2.74. The van der Waals surface area contributed by atoms with Crippen LogP contribution >= 0.6 is 9.47 Å². The van der Waals surface area contributed by atoms with Gasteiger partial charge in [-0.15, -0.1) is 0 Å². The van der Waals surface area contributed by atoms with Crippen LogP contribution in [0.25, 0.3) is 0 Å². The Balaban J connectivity index is 1.61. The number of carbonyl (C=O) groups is 3. The third kappa shape index (κ3) is 7.45. The first-order chi connectivity index (χ1) is 20.3. The van der Waals surface area contributed by atoms with Gasteiger partial charge in [-0.1, -0.05) is 27.7 Å². The lowest BCUT2D eigenvalue weighted by atomic mass is 9.75. The summed E-state index contributed by atoms with van der Waals surface area (Å²) in [5, 5.41) is 3.24. The van der Waals surface area contributed by atoms with E-state index < -0.39 is 36.7 Å². The molecule has 4 aliphatic heterocycles. The molecule has 246 valence electrons. The Hall–Kier alpha value is -1.20. The van der Waals surface area contributed by atoms with Crippen molar-refractivity contribution in [3.05, 3.63) is 0 Å². The molecule has 0 radical (unpaired) electrons. The fraction of sp³-hybridized carbons (Fsp3) is 0.903. The van der Waals surface area contributed by atoms with E-state index in [0.29, 0.717) is 19.3 Å². The Morgan fingerprint density at radius 1 is 0.907 bits per heavy atom. The van der Waals surface area contributed by atoms with Crippen molar-refractivity contribution in [1.29, 1.82) is 0 Å². The molecule has 43 heavy (non-hydrogen) atoms. The van der Waals surface area contributed by atoms with Crippen molar-refractivity contribution in [3.63, 3.8) is 0 Å². The maximum Gasteiger partial charge on any atom is 0.323 e. The fourth-order valence-corrected chi connectivity index (χ4v) is 8.07. The lowest BCUT2D eigenvalue weighted by Crippen LogP contribution is -2.64. The van der Waals surface area contributed by atoms with Gasteiger partial charge in [0.05, 0.1) is 24.7 Å². The maximum atomic E-state index is 13.5. The predicted molar refractivity (Wildman–Crippen MR) is 162 cm³/mol. The molecular formula is C31H53N2O9P. The summed E-state index contributed by atoms with van der Waals surface area (Å²) >= 11 is 0. The Kier molecular flexibility index (Phi) is 11.7. The van der Waals surface area contributed by atoms with Gasteiger partial charge in [0, 0.05) is 59.3 Å². The number of ether oxygens (including phenoxy) is 5. The van der Waals surface area contributed by atoms with E-state index in [-0.39, 0.29) is 78.0 Å². The van der Waals surface area contributed by atoms with Gasteiger partial charge in [0.25, 0.3) is 0 Å². The van der Waals surface area contributed by atoms with E-state index in [1.54, 1.807) is 7.11 Å². The number of esters is 2. The van der Waals surface area contributed by atoms with E-state index in [1.165, 1.54) is 0 Å². The molecule has 4 fully saturated rings. The first-order valence-corrected chi connectivity index (χ1v) is 16.3. The second-order valence-electron chi connectivity index (χ2n) is 13.7. The molecule has 4 saturated heterocycles. The van der Waals surface area contributed by atoms with E-state index in [1.807, 2.05) is 41.8 Å². The summed E-state index contributed by atoms with van der Waals surface area (Å²) < 4.78 is 36.6. The molecular weight excluding hydrogens is 575 g/mol. The molecule has 4 aliphatic rings. The number of nitrogens with zero attached hydrogens (tertiary/aromatic N) is 1. The average Bonchev–Trinajstić information content (AvgIpc) is 3.14. The van der Waals surface area contributed by atoms with Gasteiger partial charge in [-0.2, -0.15) is 0 Å². The monoisotopic (exact) mass is 628 g/mol. The summed E-state index contributed by atoms with van der Waals surface area (Å²) in [6.07, 6.45) is -1.61. The Bertz CT molecular complexity index is 1000. The number of hydrogen-bond donors (Lipinski definition) is 1. The van der Waals surface area contributed by atoms with Crippen molar-refractivity contribution in [3.8, 4) is 0 Å². The number of carbonyl (C=O) groups excluding carboxylic acids is 3. The zero-order chi connectivity index (χ0) is 31.7. The van der Waals surface area contributed by atoms with Gasteiger partial charge >= 0.3 is 11.9 Å². The summed E-state index contributed by atoms with van der Waals surface area (Å²) in [7, 11) is 8.04. The molecule has 0 aromatic carbocycles. The molecule has 4 heterocycles. The second kappa shape index (κ2) is 14.5. The summed E-state index contributed by atoms with van der Waals surface area (Å²) in [4.78, 5) is 41.2. The van der Waals surface area contributed by atoms with Crippen LogP contribution in [0.1, 0.15) is 67.2 Å². The third-order valence-electron chi connectivity index (χ3n) is 10.3. The smallest absolute Gasteiger partial charge is 0.323 e. The molecule has 0 spiro atoms. The lowest BCUT2D eigenvalue weighted by molar-refractivity contribution is -0.292. The minimum atomic E-state index is -0.690. The molecule has 16 atom stereocenters. The first kappa shape index (κ1) is 34.7. The normalized spacial score (nSPS) is 46.6. The summed E-state index contributed by atoms with van der Waals surface area (Å²) in [6.45, 7) is 12.0. The quantitative estimate of drug-likeness (QED) is 0.357. The zero-order valence-corrected chi connectivity index (χ0v) is 28.3. The molecule has 12 heteroatoms. The van der Waals surface area contributed by atoms with Gasteiger partial charge in [0.1, 0.15) is 30.1 Å². The molecule has 11 nitrogen and oxygen atoms in total. The Morgan fingerprint density at radius 2 is 1.60 bits per heavy atom. The highest BCUT2D eigenvalue weighted by atomic mass is 31.0. The van der Waals surface area contributed by atoms with Crippen LogP contribution in [-0.2, 0) is 42.6 Å². The van der Waals surface area contributed by atoms with Crippen LogP contribution in [0.3, 0.4) is 0 Å². The van der Waals surface area contributed by atoms with Crippen molar-refractivity contribution in [1.82, 2.24) is 10.2 Å². The van der Waals surface area contributed by atoms with E-state index in [9.17, 15) is 14.4 Å². The number of cyclic esters (lactones) is 1. The lowest BCUT2D eigenvalue weighted by Gasteiger charge is -2.48. The number of hydrogen-bond acceptors (Lipinski definition) is 11. The SMILES string of the molecule is CO[C@@H]1[C@@H](OC2OC(C)C(C)C(N(C)C)C2OP)[C@@H](C)C[C@@H](C)C(=O)C[C@H]2NC3C(=O)O[C@@H](C[C@@H](C)OC(=O)C[C@H]1C)C32. The van der Waals surface area contributed by atoms with Crippen LogP contribution in [0.2, 0.25) is 0 Å². The minimum Gasteiger partial charge on any atom is -0.462 e. The summed E-state index contributed by atoms with van der Waals surface area (Å²) in [5.74, 6) is -1.06. The van der Waals surface area contributed by atoms with E-state index >= 15 is 0 Å². The fourth-order valence-electron chi connectivity index (χ4n) is 7.78. The molecule has 1 N–H and O–H groups in total. The number of likely N-dealkylation sites (N-methyl/N-ethyl adjacent to an activating group) is 1. The molecule has 0 aromatic rings. The minimum absolute atomic E-state index is 0.0391. The van der Waals surface area contributed by atoms with Gasteiger partial charge in [-0.3, -0.25) is 14.4 Å². The number of nitrogens with one attached hydrogen (secondary N) is 1. The van der Waals surface area contributed by atoms with Crippen molar-refractivity contribution in [2.75, 3.05) is 21.2 Å². The highest BCUT2D eigenvalue weighted by Gasteiger charge is 2.57. The summed E-state index contributed by atoms with van der Waals surface area (Å²) in [5.41, 5.74) is 0. The van der Waals surface area contributed by atoms with Crippen LogP contribution in [-0.4, -0.2) is 105 Å². The van der Waals surface area contributed by atoms with E-state index in [4.69, 9.17) is 28.2 Å². The van der Waals surface area contributed by atoms with Gasteiger partial charge in [0.15, 0.2) is 6.29 Å². The molecule has 0 saturated carbocycles. The number of ketones is 1. The van der Waals surface area contributed by atoms with Crippen LogP contribution < -0.4 is 5.32 Å². The molecule has 0 bridgehead atoms. The molecule has 4 rings (SSSR count). The number of methoxy groups -OCH3 is 1. The van der Waals surface area contributed by atoms with Gasteiger partial charge in [-0.25, -0.2) is 0 Å². The number of Topliss-reactive ketones (excluding diaryl/α,β-unsaturated/α-hetero) is 1. The first-order valence-electron chi connectivity index (χ1n) is 15.8. The van der Waals surface area contributed by atoms with Crippen LogP contribution in [0.5, 0.6) is 0 Å². The molecule has 0 aromatic heterocycles. The Labute approximate surface area is 259 Å². The zero-order valence-electron chi connectivity index (χ0n) is 27.2.